The fourth-order valence-electron chi connectivity index (χ4n) is 3.21. The van der Waals surface area contributed by atoms with Gasteiger partial charge in [0, 0.05) is 39.3 Å². The second-order valence-electron chi connectivity index (χ2n) is 6.69. The first-order chi connectivity index (χ1) is 12.7. The fourth-order valence-corrected chi connectivity index (χ4v) is 3.43. The molecular formula is C21H26ClN3O. The van der Waals surface area contributed by atoms with E-state index in [-0.39, 0.29) is 5.91 Å². The molecule has 0 spiro atoms. The molecule has 0 unspecified atom stereocenters. The average molecular weight is 372 g/mol. The summed E-state index contributed by atoms with van der Waals surface area (Å²) in [7, 11) is 0. The standard InChI is InChI=1S/C21H26ClN3O/c1-2-24-11-13-25(14-12-24)16-18-9-7-17(8-10-18)15-23-21(26)19-5-3-4-6-20(19)22/h3-10H,2,11-16H2,1H3,(H,23,26). The zero-order chi connectivity index (χ0) is 18.4. The summed E-state index contributed by atoms with van der Waals surface area (Å²) in [5.74, 6) is -0.145. The van der Waals surface area contributed by atoms with Crippen LogP contribution in [0.5, 0.6) is 0 Å². The van der Waals surface area contributed by atoms with Crippen LogP contribution in [0.1, 0.15) is 28.4 Å². The van der Waals surface area contributed by atoms with E-state index in [9.17, 15) is 4.79 Å². The van der Waals surface area contributed by atoms with Crippen LogP contribution in [0.3, 0.4) is 0 Å². The Morgan fingerprint density at radius 3 is 2.23 bits per heavy atom. The van der Waals surface area contributed by atoms with Crippen molar-refractivity contribution in [2.45, 2.75) is 20.0 Å². The summed E-state index contributed by atoms with van der Waals surface area (Å²) in [6.07, 6.45) is 0. The first kappa shape index (κ1) is 18.9. The second kappa shape index (κ2) is 9.17. The molecule has 1 amide bonds. The molecule has 1 fully saturated rings. The number of carbonyl (C=O) groups is 1. The first-order valence-electron chi connectivity index (χ1n) is 9.21. The van der Waals surface area contributed by atoms with Gasteiger partial charge in [-0.25, -0.2) is 0 Å². The molecule has 5 heteroatoms. The molecular weight excluding hydrogens is 346 g/mol. The Kier molecular flexibility index (Phi) is 6.67. The van der Waals surface area contributed by atoms with E-state index >= 15 is 0 Å². The smallest absolute Gasteiger partial charge is 0.253 e. The minimum Gasteiger partial charge on any atom is -0.348 e. The van der Waals surface area contributed by atoms with E-state index < -0.39 is 0 Å². The number of piperazine rings is 1. The van der Waals surface area contributed by atoms with E-state index in [4.69, 9.17) is 11.6 Å². The van der Waals surface area contributed by atoms with Gasteiger partial charge in [0.1, 0.15) is 0 Å². The molecule has 4 nitrogen and oxygen atoms in total. The number of benzene rings is 2. The fraction of sp³-hybridized carbons (Fsp3) is 0.381. The Balaban J connectivity index is 1.49. The van der Waals surface area contributed by atoms with Crippen molar-refractivity contribution in [3.63, 3.8) is 0 Å². The summed E-state index contributed by atoms with van der Waals surface area (Å²) >= 11 is 6.06. The molecule has 1 aliphatic rings. The number of carbonyl (C=O) groups excluding carboxylic acids is 1. The molecule has 0 bridgehead atoms. The molecule has 1 heterocycles. The van der Waals surface area contributed by atoms with Crippen molar-refractivity contribution < 1.29 is 4.79 Å². The molecule has 3 rings (SSSR count). The van der Waals surface area contributed by atoms with Crippen LogP contribution >= 0.6 is 11.6 Å². The molecule has 0 atom stereocenters. The van der Waals surface area contributed by atoms with Crippen LogP contribution in [0, 0.1) is 0 Å². The third-order valence-corrected chi connectivity index (χ3v) is 5.24. The number of hydrogen-bond acceptors (Lipinski definition) is 3. The van der Waals surface area contributed by atoms with Gasteiger partial charge in [-0.05, 0) is 29.8 Å². The normalized spacial score (nSPS) is 15.8. The molecule has 0 saturated carbocycles. The zero-order valence-electron chi connectivity index (χ0n) is 15.2. The van der Waals surface area contributed by atoms with E-state index in [0.29, 0.717) is 17.1 Å². The van der Waals surface area contributed by atoms with Crippen molar-refractivity contribution in [1.82, 2.24) is 15.1 Å². The van der Waals surface area contributed by atoms with Crippen molar-refractivity contribution in [3.05, 3.63) is 70.2 Å². The molecule has 0 aliphatic carbocycles. The lowest BCUT2D eigenvalue weighted by molar-refractivity contribution is 0.0951. The summed E-state index contributed by atoms with van der Waals surface area (Å²) in [4.78, 5) is 17.2. The summed E-state index contributed by atoms with van der Waals surface area (Å²) in [6, 6.07) is 15.6. The van der Waals surface area contributed by atoms with E-state index in [1.54, 1.807) is 12.1 Å². The van der Waals surface area contributed by atoms with Crippen LogP contribution in [-0.4, -0.2) is 48.4 Å². The maximum Gasteiger partial charge on any atom is 0.253 e. The third kappa shape index (κ3) is 5.07. The summed E-state index contributed by atoms with van der Waals surface area (Å²) < 4.78 is 0. The molecule has 2 aromatic carbocycles. The topological polar surface area (TPSA) is 35.6 Å². The average Bonchev–Trinajstić information content (AvgIpc) is 2.68. The van der Waals surface area contributed by atoms with Gasteiger partial charge in [0.25, 0.3) is 5.91 Å². The second-order valence-corrected chi connectivity index (χ2v) is 7.10. The van der Waals surface area contributed by atoms with E-state index in [2.05, 4.69) is 46.3 Å². The van der Waals surface area contributed by atoms with Gasteiger partial charge in [-0.2, -0.15) is 0 Å². The van der Waals surface area contributed by atoms with Crippen LogP contribution in [0.4, 0.5) is 0 Å². The third-order valence-electron chi connectivity index (χ3n) is 4.91. The molecule has 1 saturated heterocycles. The number of halogens is 1. The quantitative estimate of drug-likeness (QED) is 0.845. The van der Waals surface area contributed by atoms with Gasteiger partial charge in [-0.3, -0.25) is 9.69 Å². The van der Waals surface area contributed by atoms with Gasteiger partial charge < -0.3 is 10.2 Å². The minimum absolute atomic E-state index is 0.145. The van der Waals surface area contributed by atoms with Crippen LogP contribution in [0.2, 0.25) is 5.02 Å². The number of nitrogens with zero attached hydrogens (tertiary/aromatic N) is 2. The number of amides is 1. The molecule has 0 aromatic heterocycles. The number of rotatable bonds is 6. The molecule has 1 aliphatic heterocycles. The number of likely N-dealkylation sites (N-methyl/N-ethyl adjacent to an activating group) is 1. The monoisotopic (exact) mass is 371 g/mol. The van der Waals surface area contributed by atoms with Crippen LogP contribution in [0.15, 0.2) is 48.5 Å². The van der Waals surface area contributed by atoms with Gasteiger partial charge in [-0.15, -0.1) is 0 Å². The van der Waals surface area contributed by atoms with Crippen molar-refractivity contribution in [2.75, 3.05) is 32.7 Å². The first-order valence-corrected chi connectivity index (χ1v) is 9.58. The molecule has 0 radical (unpaired) electrons. The maximum absolute atomic E-state index is 12.2. The van der Waals surface area contributed by atoms with E-state index in [1.165, 1.54) is 5.56 Å². The Morgan fingerprint density at radius 1 is 0.962 bits per heavy atom. The summed E-state index contributed by atoms with van der Waals surface area (Å²) in [5, 5.41) is 3.40. The van der Waals surface area contributed by atoms with Crippen molar-refractivity contribution >= 4 is 17.5 Å². The lowest BCUT2D eigenvalue weighted by Gasteiger charge is -2.34. The molecule has 138 valence electrons. The van der Waals surface area contributed by atoms with Crippen LogP contribution in [-0.2, 0) is 13.1 Å². The largest absolute Gasteiger partial charge is 0.348 e. The predicted molar refractivity (Wildman–Crippen MR) is 106 cm³/mol. The Bertz CT molecular complexity index is 724. The van der Waals surface area contributed by atoms with Crippen molar-refractivity contribution in [2.24, 2.45) is 0 Å². The van der Waals surface area contributed by atoms with Gasteiger partial charge in [0.05, 0.1) is 10.6 Å². The molecule has 1 N–H and O–H groups in total. The van der Waals surface area contributed by atoms with Crippen molar-refractivity contribution in [3.8, 4) is 0 Å². The SMILES string of the molecule is CCN1CCN(Cc2ccc(CNC(=O)c3ccccc3Cl)cc2)CC1. The minimum atomic E-state index is -0.145. The van der Waals surface area contributed by atoms with Crippen LogP contribution in [0.25, 0.3) is 0 Å². The lowest BCUT2D eigenvalue weighted by Crippen LogP contribution is -2.45. The summed E-state index contributed by atoms with van der Waals surface area (Å²) in [5.41, 5.74) is 2.91. The number of hydrogen-bond donors (Lipinski definition) is 1. The Labute approximate surface area is 160 Å². The predicted octanol–water partition coefficient (Wildman–Crippen LogP) is 3.41. The summed E-state index contributed by atoms with van der Waals surface area (Å²) in [6.45, 7) is 9.42. The highest BCUT2D eigenvalue weighted by atomic mass is 35.5. The molecule has 2 aromatic rings. The Hall–Kier alpha value is -1.88. The van der Waals surface area contributed by atoms with Crippen molar-refractivity contribution in [1.29, 1.82) is 0 Å². The van der Waals surface area contributed by atoms with E-state index in [1.807, 2.05) is 12.1 Å². The van der Waals surface area contributed by atoms with Gasteiger partial charge in [0.15, 0.2) is 0 Å². The highest BCUT2D eigenvalue weighted by Gasteiger charge is 2.15. The van der Waals surface area contributed by atoms with Gasteiger partial charge in [-0.1, -0.05) is 54.9 Å². The van der Waals surface area contributed by atoms with Gasteiger partial charge in [0.2, 0.25) is 0 Å². The Morgan fingerprint density at radius 2 is 1.58 bits per heavy atom. The zero-order valence-corrected chi connectivity index (χ0v) is 16.0. The van der Waals surface area contributed by atoms with E-state index in [0.717, 1.165) is 44.8 Å². The number of nitrogens with one attached hydrogen (secondary N) is 1. The highest BCUT2D eigenvalue weighted by Crippen LogP contribution is 2.15. The lowest BCUT2D eigenvalue weighted by atomic mass is 10.1. The maximum atomic E-state index is 12.2. The highest BCUT2D eigenvalue weighted by molar-refractivity contribution is 6.33. The van der Waals surface area contributed by atoms with Gasteiger partial charge >= 0.3 is 0 Å². The molecule has 26 heavy (non-hydrogen) atoms. The van der Waals surface area contributed by atoms with Crippen LogP contribution < -0.4 is 5.32 Å².